The van der Waals surface area contributed by atoms with Crippen molar-refractivity contribution in [2.45, 2.75) is 32.6 Å². The summed E-state index contributed by atoms with van der Waals surface area (Å²) in [5, 5.41) is 3.60. The summed E-state index contributed by atoms with van der Waals surface area (Å²) in [5.74, 6) is -0.136. The number of rotatable bonds is 6. The van der Waals surface area contributed by atoms with Gasteiger partial charge >= 0.3 is 0 Å². The van der Waals surface area contributed by atoms with Gasteiger partial charge in [0.15, 0.2) is 0 Å². The highest BCUT2D eigenvalue weighted by Gasteiger charge is 2.16. The molecule has 0 heterocycles. The third-order valence-electron chi connectivity index (χ3n) is 3.42. The zero-order chi connectivity index (χ0) is 15.9. The summed E-state index contributed by atoms with van der Waals surface area (Å²) in [6.45, 7) is 4.09. The maximum atomic E-state index is 12.2. The molecule has 2 aromatic carbocycles. The molecule has 3 nitrogen and oxygen atoms in total. The normalized spacial score (nSPS) is 13.4. The van der Waals surface area contributed by atoms with Crippen LogP contribution in [0, 0.1) is 0 Å². The van der Waals surface area contributed by atoms with Gasteiger partial charge in [-0.05, 0) is 37.1 Å². The first-order chi connectivity index (χ1) is 10.6. The van der Waals surface area contributed by atoms with Crippen LogP contribution in [0.1, 0.15) is 31.0 Å². The Labute approximate surface area is 136 Å². The number of ether oxygens (including phenoxy) is 1. The quantitative estimate of drug-likeness (QED) is 0.870. The summed E-state index contributed by atoms with van der Waals surface area (Å²) in [6, 6.07) is 17.1. The fraction of sp³-hybridized carbons (Fsp3) is 0.278. The Bertz CT molecular complexity index is 615. The maximum Gasteiger partial charge on any atom is 0.249 e. The highest BCUT2D eigenvalue weighted by atomic mass is 35.5. The van der Waals surface area contributed by atoms with Gasteiger partial charge in [0.2, 0.25) is 5.91 Å². The Morgan fingerprint density at radius 3 is 2.55 bits per heavy atom. The predicted octanol–water partition coefficient (Wildman–Crippen LogP) is 4.12. The molecule has 4 heteroatoms. The topological polar surface area (TPSA) is 38.3 Å². The zero-order valence-electron chi connectivity index (χ0n) is 12.8. The van der Waals surface area contributed by atoms with Crippen LogP contribution in [0.2, 0.25) is 5.02 Å². The van der Waals surface area contributed by atoms with Crippen LogP contribution >= 0.6 is 11.6 Å². The monoisotopic (exact) mass is 317 g/mol. The van der Waals surface area contributed by atoms with Crippen molar-refractivity contribution in [1.29, 1.82) is 0 Å². The van der Waals surface area contributed by atoms with Gasteiger partial charge in [-0.1, -0.05) is 54.1 Å². The molecule has 116 valence electrons. The second-order valence-electron chi connectivity index (χ2n) is 5.22. The van der Waals surface area contributed by atoms with E-state index in [1.54, 1.807) is 6.92 Å². The van der Waals surface area contributed by atoms with Crippen molar-refractivity contribution in [3.05, 3.63) is 70.7 Å². The van der Waals surface area contributed by atoms with Crippen LogP contribution in [-0.4, -0.2) is 12.0 Å². The van der Waals surface area contributed by atoms with Crippen LogP contribution in [0.15, 0.2) is 54.6 Å². The number of halogens is 1. The first kappa shape index (κ1) is 16.5. The fourth-order valence-corrected chi connectivity index (χ4v) is 2.26. The number of benzene rings is 2. The molecular formula is C18H20ClNO2. The molecule has 1 N–H and O–H groups in total. The number of amides is 1. The second-order valence-corrected chi connectivity index (χ2v) is 5.66. The van der Waals surface area contributed by atoms with E-state index in [4.69, 9.17) is 16.3 Å². The van der Waals surface area contributed by atoms with Crippen molar-refractivity contribution in [1.82, 2.24) is 5.32 Å². The van der Waals surface area contributed by atoms with Crippen LogP contribution in [0.5, 0.6) is 0 Å². The molecule has 0 aliphatic rings. The third kappa shape index (κ3) is 4.86. The van der Waals surface area contributed by atoms with E-state index in [-0.39, 0.29) is 11.9 Å². The van der Waals surface area contributed by atoms with Crippen molar-refractivity contribution in [3.8, 4) is 0 Å². The number of nitrogens with one attached hydrogen (secondary N) is 1. The van der Waals surface area contributed by atoms with E-state index in [2.05, 4.69) is 5.32 Å². The Hall–Kier alpha value is -1.84. The molecule has 0 radical (unpaired) electrons. The summed E-state index contributed by atoms with van der Waals surface area (Å²) in [4.78, 5) is 12.2. The van der Waals surface area contributed by atoms with Gasteiger partial charge in [0, 0.05) is 5.02 Å². The molecule has 0 aliphatic carbocycles. The van der Waals surface area contributed by atoms with E-state index >= 15 is 0 Å². The third-order valence-corrected chi connectivity index (χ3v) is 3.65. The molecule has 0 aromatic heterocycles. The SMILES string of the molecule is C[C@@H](OCc1ccccc1)C(=O)N[C@H](C)c1cccc(Cl)c1. The summed E-state index contributed by atoms with van der Waals surface area (Å²) in [7, 11) is 0. The van der Waals surface area contributed by atoms with E-state index in [0.29, 0.717) is 11.6 Å². The molecule has 0 saturated carbocycles. The molecule has 22 heavy (non-hydrogen) atoms. The molecule has 0 bridgehead atoms. The maximum absolute atomic E-state index is 12.2. The van der Waals surface area contributed by atoms with Crippen molar-refractivity contribution in [2.75, 3.05) is 0 Å². The summed E-state index contributed by atoms with van der Waals surface area (Å²) in [5.41, 5.74) is 2.01. The highest BCUT2D eigenvalue weighted by molar-refractivity contribution is 6.30. The van der Waals surface area contributed by atoms with Crippen LogP contribution in [0.4, 0.5) is 0 Å². The van der Waals surface area contributed by atoms with E-state index in [1.807, 2.05) is 61.5 Å². The van der Waals surface area contributed by atoms with Crippen molar-refractivity contribution in [3.63, 3.8) is 0 Å². The summed E-state index contributed by atoms with van der Waals surface area (Å²) >= 11 is 5.97. The lowest BCUT2D eigenvalue weighted by Gasteiger charge is -2.18. The van der Waals surface area contributed by atoms with Crippen LogP contribution in [0.3, 0.4) is 0 Å². The van der Waals surface area contributed by atoms with E-state index in [9.17, 15) is 4.79 Å². The predicted molar refractivity (Wildman–Crippen MR) is 88.7 cm³/mol. The lowest BCUT2D eigenvalue weighted by atomic mass is 10.1. The minimum absolute atomic E-state index is 0.117. The molecule has 2 atom stereocenters. The van der Waals surface area contributed by atoms with Gasteiger partial charge in [0.25, 0.3) is 0 Å². The molecule has 2 aromatic rings. The first-order valence-corrected chi connectivity index (χ1v) is 7.65. The molecule has 0 aliphatic heterocycles. The number of hydrogen-bond donors (Lipinski definition) is 1. The highest BCUT2D eigenvalue weighted by Crippen LogP contribution is 2.17. The minimum Gasteiger partial charge on any atom is -0.364 e. The zero-order valence-corrected chi connectivity index (χ0v) is 13.5. The molecule has 0 spiro atoms. The number of hydrogen-bond acceptors (Lipinski definition) is 2. The molecule has 0 fully saturated rings. The Kier molecular flexibility index (Phi) is 5.99. The van der Waals surface area contributed by atoms with Crippen LogP contribution in [0.25, 0.3) is 0 Å². The van der Waals surface area contributed by atoms with Crippen molar-refractivity contribution < 1.29 is 9.53 Å². The molecule has 0 unspecified atom stereocenters. The smallest absolute Gasteiger partial charge is 0.249 e. The lowest BCUT2D eigenvalue weighted by Crippen LogP contribution is -2.36. The second kappa shape index (κ2) is 7.97. The number of carbonyl (C=O) groups excluding carboxylic acids is 1. The number of carbonyl (C=O) groups is 1. The largest absolute Gasteiger partial charge is 0.364 e. The average Bonchev–Trinajstić information content (AvgIpc) is 2.53. The Balaban J connectivity index is 1.85. The van der Waals surface area contributed by atoms with Gasteiger partial charge in [-0.15, -0.1) is 0 Å². The Morgan fingerprint density at radius 1 is 1.14 bits per heavy atom. The van der Waals surface area contributed by atoms with Crippen molar-refractivity contribution in [2.24, 2.45) is 0 Å². The van der Waals surface area contributed by atoms with E-state index in [0.717, 1.165) is 11.1 Å². The fourth-order valence-electron chi connectivity index (χ4n) is 2.06. The molecular weight excluding hydrogens is 298 g/mol. The average molecular weight is 318 g/mol. The van der Waals surface area contributed by atoms with Crippen LogP contribution in [-0.2, 0) is 16.1 Å². The van der Waals surface area contributed by atoms with E-state index < -0.39 is 6.10 Å². The molecule has 0 saturated heterocycles. The van der Waals surface area contributed by atoms with Crippen molar-refractivity contribution >= 4 is 17.5 Å². The van der Waals surface area contributed by atoms with Crippen LogP contribution < -0.4 is 5.32 Å². The van der Waals surface area contributed by atoms with Gasteiger partial charge in [-0.3, -0.25) is 4.79 Å². The molecule has 2 rings (SSSR count). The minimum atomic E-state index is -0.512. The standard InChI is InChI=1S/C18H20ClNO2/c1-13(16-9-6-10-17(19)11-16)20-18(21)14(2)22-12-15-7-4-3-5-8-15/h3-11,13-14H,12H2,1-2H3,(H,20,21)/t13-,14-/m1/s1. The van der Waals surface area contributed by atoms with E-state index in [1.165, 1.54) is 0 Å². The van der Waals surface area contributed by atoms with Gasteiger partial charge in [-0.25, -0.2) is 0 Å². The Morgan fingerprint density at radius 2 is 1.86 bits per heavy atom. The first-order valence-electron chi connectivity index (χ1n) is 7.27. The summed E-state index contributed by atoms with van der Waals surface area (Å²) in [6.07, 6.45) is -0.512. The lowest BCUT2D eigenvalue weighted by molar-refractivity contribution is -0.133. The molecule has 1 amide bonds. The van der Waals surface area contributed by atoms with Gasteiger partial charge in [-0.2, -0.15) is 0 Å². The van der Waals surface area contributed by atoms with Gasteiger partial charge < -0.3 is 10.1 Å². The summed E-state index contributed by atoms with van der Waals surface area (Å²) < 4.78 is 5.61. The van der Waals surface area contributed by atoms with Gasteiger partial charge in [0.05, 0.1) is 12.6 Å². The van der Waals surface area contributed by atoms with Gasteiger partial charge in [0.1, 0.15) is 6.10 Å².